The van der Waals surface area contributed by atoms with Crippen LogP contribution in [-0.2, 0) is 4.79 Å². The van der Waals surface area contributed by atoms with E-state index in [2.05, 4.69) is 5.32 Å². The Hall–Kier alpha value is -1.60. The lowest BCUT2D eigenvalue weighted by Crippen LogP contribution is -2.21. The Labute approximate surface area is 104 Å². The molecule has 0 aliphatic rings. The SMILES string of the molecule is CCCC(C#N)C(=O)Nc1ccc(F)cc1Cl. The molecule has 1 amide bonds. The van der Waals surface area contributed by atoms with Crippen LogP contribution in [0.4, 0.5) is 10.1 Å². The van der Waals surface area contributed by atoms with E-state index in [9.17, 15) is 9.18 Å². The number of nitrogens with zero attached hydrogens (tertiary/aromatic N) is 1. The van der Waals surface area contributed by atoms with Crippen molar-refractivity contribution in [2.75, 3.05) is 5.32 Å². The summed E-state index contributed by atoms with van der Waals surface area (Å²) >= 11 is 5.76. The van der Waals surface area contributed by atoms with E-state index in [-0.39, 0.29) is 5.02 Å². The summed E-state index contributed by atoms with van der Waals surface area (Å²) in [6.07, 6.45) is 1.23. The van der Waals surface area contributed by atoms with Gasteiger partial charge in [0.1, 0.15) is 11.7 Å². The molecular formula is C12H12ClFN2O. The molecule has 0 aliphatic carbocycles. The molecule has 0 heterocycles. The van der Waals surface area contributed by atoms with Gasteiger partial charge in [0.2, 0.25) is 5.91 Å². The second kappa shape index (κ2) is 6.21. The predicted octanol–water partition coefficient (Wildman–Crippen LogP) is 3.36. The lowest BCUT2D eigenvalue weighted by atomic mass is 10.0. The summed E-state index contributed by atoms with van der Waals surface area (Å²) in [6.45, 7) is 1.89. The van der Waals surface area contributed by atoms with Gasteiger partial charge in [-0.1, -0.05) is 24.9 Å². The third-order valence-corrected chi connectivity index (χ3v) is 2.55. The van der Waals surface area contributed by atoms with Gasteiger partial charge in [-0.05, 0) is 24.6 Å². The summed E-state index contributed by atoms with van der Waals surface area (Å²) in [6, 6.07) is 5.60. The smallest absolute Gasteiger partial charge is 0.241 e. The minimum absolute atomic E-state index is 0.117. The van der Waals surface area contributed by atoms with Crippen molar-refractivity contribution >= 4 is 23.2 Å². The van der Waals surface area contributed by atoms with Gasteiger partial charge >= 0.3 is 0 Å². The molecule has 1 aromatic rings. The average Bonchev–Trinajstić information content (AvgIpc) is 2.29. The van der Waals surface area contributed by atoms with Gasteiger partial charge in [-0.3, -0.25) is 4.79 Å². The number of rotatable bonds is 4. The highest BCUT2D eigenvalue weighted by Gasteiger charge is 2.17. The lowest BCUT2D eigenvalue weighted by molar-refractivity contribution is -0.118. The van der Waals surface area contributed by atoms with Crippen LogP contribution in [0.15, 0.2) is 18.2 Å². The lowest BCUT2D eigenvalue weighted by Gasteiger charge is -2.10. The first-order valence-electron chi connectivity index (χ1n) is 5.24. The molecule has 0 spiro atoms. The molecule has 17 heavy (non-hydrogen) atoms. The Balaban J connectivity index is 2.77. The number of halogens is 2. The van der Waals surface area contributed by atoms with Gasteiger partial charge in [0.25, 0.3) is 0 Å². The molecule has 1 atom stereocenters. The Morgan fingerprint density at radius 3 is 2.88 bits per heavy atom. The minimum atomic E-state index is -0.707. The second-order valence-electron chi connectivity index (χ2n) is 3.58. The van der Waals surface area contributed by atoms with Crippen molar-refractivity contribution in [3.63, 3.8) is 0 Å². The van der Waals surface area contributed by atoms with Crippen molar-refractivity contribution in [2.24, 2.45) is 5.92 Å². The number of nitriles is 1. The number of hydrogen-bond acceptors (Lipinski definition) is 2. The summed E-state index contributed by atoms with van der Waals surface area (Å²) in [5, 5.41) is 11.4. The Morgan fingerprint density at radius 1 is 1.65 bits per heavy atom. The van der Waals surface area contributed by atoms with Crippen LogP contribution in [0.1, 0.15) is 19.8 Å². The molecule has 1 aromatic carbocycles. The molecule has 0 fully saturated rings. The average molecular weight is 255 g/mol. The van der Waals surface area contributed by atoms with Gasteiger partial charge in [-0.15, -0.1) is 0 Å². The molecule has 3 nitrogen and oxygen atoms in total. The first-order valence-corrected chi connectivity index (χ1v) is 5.61. The molecule has 0 aliphatic heterocycles. The monoisotopic (exact) mass is 254 g/mol. The molecular weight excluding hydrogens is 243 g/mol. The van der Waals surface area contributed by atoms with Gasteiger partial charge in [0.05, 0.1) is 16.8 Å². The zero-order valence-corrected chi connectivity index (χ0v) is 10.1. The highest BCUT2D eigenvalue weighted by molar-refractivity contribution is 6.33. The van der Waals surface area contributed by atoms with Gasteiger partial charge < -0.3 is 5.32 Å². The quantitative estimate of drug-likeness (QED) is 0.896. The summed E-state index contributed by atoms with van der Waals surface area (Å²) < 4.78 is 12.8. The van der Waals surface area contributed by atoms with E-state index in [0.29, 0.717) is 12.1 Å². The van der Waals surface area contributed by atoms with E-state index in [0.717, 1.165) is 12.5 Å². The molecule has 0 bridgehead atoms. The molecule has 0 radical (unpaired) electrons. The fourth-order valence-electron chi connectivity index (χ4n) is 1.35. The minimum Gasteiger partial charge on any atom is -0.324 e. The number of anilines is 1. The number of nitrogens with one attached hydrogen (secondary N) is 1. The maximum absolute atomic E-state index is 12.8. The standard InChI is InChI=1S/C12H12ClFN2O/c1-2-3-8(7-15)12(17)16-11-5-4-9(14)6-10(11)13/h4-6,8H,2-3H2,1H3,(H,16,17). The van der Waals surface area contributed by atoms with E-state index >= 15 is 0 Å². The van der Waals surface area contributed by atoms with E-state index in [1.54, 1.807) is 0 Å². The maximum Gasteiger partial charge on any atom is 0.241 e. The number of carbonyl (C=O) groups is 1. The highest BCUT2D eigenvalue weighted by atomic mass is 35.5. The summed E-state index contributed by atoms with van der Waals surface area (Å²) in [4.78, 5) is 11.7. The van der Waals surface area contributed by atoms with Crippen LogP contribution in [0.2, 0.25) is 5.02 Å². The molecule has 0 saturated heterocycles. The van der Waals surface area contributed by atoms with Crippen LogP contribution < -0.4 is 5.32 Å². The Morgan fingerprint density at radius 2 is 2.35 bits per heavy atom. The van der Waals surface area contributed by atoms with Gasteiger partial charge in [0.15, 0.2) is 0 Å². The van der Waals surface area contributed by atoms with E-state index < -0.39 is 17.6 Å². The maximum atomic E-state index is 12.8. The third kappa shape index (κ3) is 3.72. The van der Waals surface area contributed by atoms with Gasteiger partial charge in [-0.2, -0.15) is 5.26 Å². The van der Waals surface area contributed by atoms with Crippen LogP contribution in [0.25, 0.3) is 0 Å². The van der Waals surface area contributed by atoms with Crippen molar-refractivity contribution in [3.05, 3.63) is 29.0 Å². The molecule has 1 rings (SSSR count). The number of amides is 1. The molecule has 0 aromatic heterocycles. The van der Waals surface area contributed by atoms with Crippen LogP contribution in [-0.4, -0.2) is 5.91 Å². The number of benzene rings is 1. The Kier molecular flexibility index (Phi) is 4.92. The topological polar surface area (TPSA) is 52.9 Å². The second-order valence-corrected chi connectivity index (χ2v) is 3.99. The molecule has 0 saturated carbocycles. The normalized spacial score (nSPS) is 11.6. The van der Waals surface area contributed by atoms with E-state index in [1.807, 2.05) is 13.0 Å². The first-order chi connectivity index (χ1) is 8.08. The summed E-state index contributed by atoms with van der Waals surface area (Å²) in [7, 11) is 0. The zero-order valence-electron chi connectivity index (χ0n) is 9.34. The third-order valence-electron chi connectivity index (χ3n) is 2.24. The number of hydrogen-bond donors (Lipinski definition) is 1. The van der Waals surface area contributed by atoms with Crippen molar-refractivity contribution in [1.82, 2.24) is 0 Å². The van der Waals surface area contributed by atoms with Gasteiger partial charge in [-0.25, -0.2) is 4.39 Å². The zero-order chi connectivity index (χ0) is 12.8. The fraction of sp³-hybridized carbons (Fsp3) is 0.333. The van der Waals surface area contributed by atoms with Gasteiger partial charge in [0, 0.05) is 0 Å². The van der Waals surface area contributed by atoms with Crippen LogP contribution in [0.5, 0.6) is 0 Å². The largest absolute Gasteiger partial charge is 0.324 e. The summed E-state index contributed by atoms with van der Waals surface area (Å²) in [5.74, 6) is -1.60. The van der Waals surface area contributed by atoms with Crippen molar-refractivity contribution in [3.8, 4) is 6.07 Å². The molecule has 5 heteroatoms. The molecule has 1 unspecified atom stereocenters. The van der Waals surface area contributed by atoms with E-state index in [4.69, 9.17) is 16.9 Å². The predicted molar refractivity (Wildman–Crippen MR) is 64.1 cm³/mol. The number of carbonyl (C=O) groups excluding carboxylic acids is 1. The Bertz CT molecular complexity index is 456. The molecule has 90 valence electrons. The van der Waals surface area contributed by atoms with Crippen molar-refractivity contribution in [2.45, 2.75) is 19.8 Å². The van der Waals surface area contributed by atoms with E-state index in [1.165, 1.54) is 12.1 Å². The van der Waals surface area contributed by atoms with Crippen molar-refractivity contribution < 1.29 is 9.18 Å². The first kappa shape index (κ1) is 13.5. The van der Waals surface area contributed by atoms with Crippen LogP contribution in [0, 0.1) is 23.1 Å². The summed E-state index contributed by atoms with van der Waals surface area (Å²) in [5.41, 5.74) is 0.314. The highest BCUT2D eigenvalue weighted by Crippen LogP contribution is 2.23. The fourth-order valence-corrected chi connectivity index (χ4v) is 1.57. The van der Waals surface area contributed by atoms with Crippen molar-refractivity contribution in [1.29, 1.82) is 5.26 Å². The molecule has 1 N–H and O–H groups in total. The van der Waals surface area contributed by atoms with Crippen LogP contribution >= 0.6 is 11.6 Å². The van der Waals surface area contributed by atoms with Crippen LogP contribution in [0.3, 0.4) is 0 Å².